The average molecular weight is 566 g/mol. The van der Waals surface area contributed by atoms with E-state index in [4.69, 9.17) is 0 Å². The van der Waals surface area contributed by atoms with Crippen LogP contribution in [0.1, 0.15) is 55.9 Å². The molecule has 1 saturated carbocycles. The summed E-state index contributed by atoms with van der Waals surface area (Å²) in [6.45, 7) is 4.78. The summed E-state index contributed by atoms with van der Waals surface area (Å²) in [5, 5.41) is 3.30. The second kappa shape index (κ2) is 12.4. The predicted molar refractivity (Wildman–Crippen MR) is 159 cm³/mol. The molecular formula is C30H39N5O4S. The molecule has 40 heavy (non-hydrogen) atoms. The third-order valence-corrected chi connectivity index (χ3v) is 9.32. The summed E-state index contributed by atoms with van der Waals surface area (Å²) in [6.07, 6.45) is 5.94. The number of sulfonamides is 1. The van der Waals surface area contributed by atoms with Gasteiger partial charge in [-0.05, 0) is 37.3 Å². The molecule has 1 aliphatic carbocycles. The number of anilines is 1. The minimum Gasteiger partial charge on any atom is -0.335 e. The van der Waals surface area contributed by atoms with E-state index in [1.807, 2.05) is 42.2 Å². The Hall–Kier alpha value is -3.37. The molecule has 10 heteroatoms. The predicted octanol–water partition coefficient (Wildman–Crippen LogP) is 4.08. The molecule has 0 unspecified atom stereocenters. The highest BCUT2D eigenvalue weighted by atomic mass is 32.2. The van der Waals surface area contributed by atoms with Crippen molar-refractivity contribution in [2.24, 2.45) is 5.92 Å². The minimum absolute atomic E-state index is 0.0306. The van der Waals surface area contributed by atoms with E-state index in [9.17, 15) is 18.0 Å². The summed E-state index contributed by atoms with van der Waals surface area (Å²) in [6, 6.07) is 16.4. The lowest BCUT2D eigenvalue weighted by molar-refractivity contribution is 0.0723. The van der Waals surface area contributed by atoms with Crippen LogP contribution < -0.4 is 15.7 Å². The number of rotatable bonds is 9. The maximum absolute atomic E-state index is 14.5. The molecule has 5 rings (SSSR count). The van der Waals surface area contributed by atoms with Crippen LogP contribution >= 0.6 is 0 Å². The lowest BCUT2D eigenvalue weighted by atomic mass is 9.89. The zero-order chi connectivity index (χ0) is 28.1. The van der Waals surface area contributed by atoms with E-state index in [2.05, 4.69) is 10.0 Å². The second-order valence-corrected chi connectivity index (χ2v) is 12.6. The van der Waals surface area contributed by atoms with Gasteiger partial charge in [0.15, 0.2) is 0 Å². The van der Waals surface area contributed by atoms with Crippen LogP contribution in [0.3, 0.4) is 0 Å². The van der Waals surface area contributed by atoms with Gasteiger partial charge in [0.2, 0.25) is 10.0 Å². The summed E-state index contributed by atoms with van der Waals surface area (Å²) in [5.41, 5.74) is 1.98. The van der Waals surface area contributed by atoms with E-state index in [1.54, 1.807) is 28.8 Å². The lowest BCUT2D eigenvalue weighted by Crippen LogP contribution is -2.47. The van der Waals surface area contributed by atoms with Crippen LogP contribution in [0.25, 0.3) is 16.9 Å². The van der Waals surface area contributed by atoms with E-state index in [0.717, 1.165) is 31.2 Å². The van der Waals surface area contributed by atoms with Crippen molar-refractivity contribution in [1.29, 1.82) is 0 Å². The van der Waals surface area contributed by atoms with Gasteiger partial charge in [-0.2, -0.15) is 0 Å². The maximum atomic E-state index is 14.5. The number of hydrogen-bond donors (Lipinski definition) is 2. The number of nitrogens with one attached hydrogen (secondary N) is 2. The molecular weight excluding hydrogens is 526 g/mol. The zero-order valence-electron chi connectivity index (χ0n) is 23.1. The normalized spacial score (nSPS) is 16.7. The van der Waals surface area contributed by atoms with Crippen LogP contribution in [0.2, 0.25) is 0 Å². The molecule has 0 spiro atoms. The average Bonchev–Trinajstić information content (AvgIpc) is 3.25. The molecule has 2 aliphatic rings. The monoisotopic (exact) mass is 565 g/mol. The van der Waals surface area contributed by atoms with Crippen LogP contribution in [-0.2, 0) is 16.6 Å². The molecule has 0 bridgehead atoms. The third-order valence-electron chi connectivity index (χ3n) is 7.84. The fourth-order valence-corrected chi connectivity index (χ4v) is 7.05. The van der Waals surface area contributed by atoms with Crippen LogP contribution in [0.15, 0.2) is 59.4 Å². The van der Waals surface area contributed by atoms with E-state index < -0.39 is 10.0 Å². The number of nitrogens with zero attached hydrogens (tertiary/aromatic N) is 3. The summed E-state index contributed by atoms with van der Waals surface area (Å²) in [5.74, 6) is 0.104. The molecule has 0 atom stereocenters. The molecule has 2 N–H and O–H groups in total. The Labute approximate surface area is 236 Å². The maximum Gasteiger partial charge on any atom is 0.333 e. The molecule has 1 aromatic heterocycles. The van der Waals surface area contributed by atoms with Crippen LogP contribution in [-0.4, -0.2) is 60.3 Å². The Morgan fingerprint density at radius 3 is 2.35 bits per heavy atom. The van der Waals surface area contributed by atoms with Gasteiger partial charge in [-0.15, -0.1) is 0 Å². The van der Waals surface area contributed by atoms with Crippen molar-refractivity contribution >= 4 is 21.6 Å². The van der Waals surface area contributed by atoms with Crippen molar-refractivity contribution in [3.63, 3.8) is 0 Å². The Bertz CT molecular complexity index is 1480. The van der Waals surface area contributed by atoms with Crippen molar-refractivity contribution in [3.8, 4) is 16.9 Å². The number of aromatic nitrogens is 2. The van der Waals surface area contributed by atoms with Gasteiger partial charge >= 0.3 is 5.69 Å². The summed E-state index contributed by atoms with van der Waals surface area (Å²) in [4.78, 5) is 30.5. The van der Waals surface area contributed by atoms with Gasteiger partial charge in [-0.3, -0.25) is 18.7 Å². The molecule has 3 aromatic rings. The fraction of sp³-hybridized carbons (Fsp3) is 0.467. The van der Waals surface area contributed by atoms with Crippen LogP contribution in [0, 0.1) is 5.92 Å². The van der Waals surface area contributed by atoms with Crippen LogP contribution in [0.4, 0.5) is 5.69 Å². The first-order valence-electron chi connectivity index (χ1n) is 14.4. The highest BCUT2D eigenvalue weighted by molar-refractivity contribution is 7.92. The molecule has 0 radical (unpaired) electrons. The molecule has 1 amide bonds. The number of benzene rings is 2. The van der Waals surface area contributed by atoms with Gasteiger partial charge < -0.3 is 10.2 Å². The first-order chi connectivity index (χ1) is 19.4. The number of imidazole rings is 1. The minimum atomic E-state index is -3.62. The molecule has 214 valence electrons. The van der Waals surface area contributed by atoms with Gasteiger partial charge in [0, 0.05) is 38.3 Å². The van der Waals surface area contributed by atoms with Gasteiger partial charge in [0.05, 0.1) is 22.8 Å². The summed E-state index contributed by atoms with van der Waals surface area (Å²) >= 11 is 0. The van der Waals surface area contributed by atoms with Crippen molar-refractivity contribution in [3.05, 3.63) is 70.8 Å². The fourth-order valence-electron chi connectivity index (χ4n) is 5.91. The number of piperazine rings is 1. The highest BCUT2D eigenvalue weighted by Crippen LogP contribution is 2.33. The van der Waals surface area contributed by atoms with Crippen molar-refractivity contribution in [2.45, 2.75) is 52.0 Å². The van der Waals surface area contributed by atoms with Crippen molar-refractivity contribution in [1.82, 2.24) is 19.4 Å². The number of para-hydroxylation sites is 2. The first kappa shape index (κ1) is 28.2. The van der Waals surface area contributed by atoms with Crippen molar-refractivity contribution < 1.29 is 13.2 Å². The van der Waals surface area contributed by atoms with Gasteiger partial charge in [-0.1, -0.05) is 68.7 Å². The van der Waals surface area contributed by atoms with E-state index in [-0.39, 0.29) is 17.3 Å². The topological polar surface area (TPSA) is 105 Å². The van der Waals surface area contributed by atoms with E-state index in [1.165, 1.54) is 11.0 Å². The van der Waals surface area contributed by atoms with Gasteiger partial charge in [0.1, 0.15) is 5.69 Å². The van der Waals surface area contributed by atoms with E-state index >= 15 is 0 Å². The molecule has 1 saturated heterocycles. The highest BCUT2D eigenvalue weighted by Gasteiger charge is 2.32. The summed E-state index contributed by atoms with van der Waals surface area (Å²) in [7, 11) is -3.62. The largest absolute Gasteiger partial charge is 0.335 e. The number of carbonyl (C=O) groups excluding carboxylic acids is 1. The van der Waals surface area contributed by atoms with Crippen LogP contribution in [0.5, 0.6) is 0 Å². The SMILES string of the molecule is CCCS(=O)(=O)Nc1ccccc1-n1c(-c2ccccc2)c(C(=O)N2CCNCC2)n(CC2CCCCC2)c1=O. The molecule has 9 nitrogen and oxygen atoms in total. The first-order valence-corrected chi connectivity index (χ1v) is 16.1. The van der Waals surface area contributed by atoms with E-state index in [0.29, 0.717) is 67.8 Å². The van der Waals surface area contributed by atoms with Gasteiger partial charge in [-0.25, -0.2) is 13.2 Å². The lowest BCUT2D eigenvalue weighted by Gasteiger charge is -2.29. The Morgan fingerprint density at radius 1 is 0.975 bits per heavy atom. The number of carbonyl (C=O) groups is 1. The zero-order valence-corrected chi connectivity index (χ0v) is 24.0. The van der Waals surface area contributed by atoms with Crippen molar-refractivity contribution in [2.75, 3.05) is 36.7 Å². The smallest absolute Gasteiger partial charge is 0.333 e. The number of hydrogen-bond acceptors (Lipinski definition) is 5. The Kier molecular flexibility index (Phi) is 8.75. The second-order valence-electron chi connectivity index (χ2n) is 10.8. The Balaban J connectivity index is 1.75. The molecule has 2 fully saturated rings. The summed E-state index contributed by atoms with van der Waals surface area (Å²) < 4.78 is 31.5. The standard InChI is InChI=1S/C30H39N5O4S/c1-2-21-40(38,39)32-25-15-9-10-16-26(25)35-27(24-13-7-4-8-14-24)28(29(36)33-19-17-31-18-20-33)34(30(35)37)22-23-11-5-3-6-12-23/h4,7-10,13-16,23,31-32H,2-3,5-6,11-12,17-22H2,1H3. The molecule has 2 heterocycles. The molecule has 1 aliphatic heterocycles. The third kappa shape index (κ3) is 6.02. The number of amides is 1. The Morgan fingerprint density at radius 2 is 1.65 bits per heavy atom. The molecule has 2 aromatic carbocycles. The van der Waals surface area contributed by atoms with Gasteiger partial charge in [0.25, 0.3) is 5.91 Å². The quantitative estimate of drug-likeness (QED) is 0.407.